The first-order valence-electron chi connectivity index (χ1n) is 12.1. The van der Waals surface area contributed by atoms with Crippen molar-refractivity contribution in [2.75, 3.05) is 17.4 Å². The van der Waals surface area contributed by atoms with Crippen LogP contribution in [0.25, 0.3) is 5.57 Å². The Bertz CT molecular complexity index is 1240. The molecule has 0 radical (unpaired) electrons. The van der Waals surface area contributed by atoms with Gasteiger partial charge in [0.1, 0.15) is 18.0 Å². The minimum atomic E-state index is -4.36. The van der Waals surface area contributed by atoms with Gasteiger partial charge in [0.15, 0.2) is 5.82 Å². The number of aromatic hydroxyl groups is 1. The minimum absolute atomic E-state index is 0.0200. The van der Waals surface area contributed by atoms with Gasteiger partial charge in [-0.05, 0) is 36.5 Å². The predicted molar refractivity (Wildman–Crippen MR) is 130 cm³/mol. The lowest BCUT2D eigenvalue weighted by Crippen LogP contribution is -2.39. The normalized spacial score (nSPS) is 21.6. The highest BCUT2D eigenvalue weighted by molar-refractivity contribution is 7.92. The van der Waals surface area contributed by atoms with Gasteiger partial charge >= 0.3 is 22.3 Å². The van der Waals surface area contributed by atoms with Crippen LogP contribution in [0.5, 0.6) is 5.75 Å². The van der Waals surface area contributed by atoms with E-state index in [4.69, 9.17) is 9.47 Å². The summed E-state index contributed by atoms with van der Waals surface area (Å²) < 4.78 is 52.9. The van der Waals surface area contributed by atoms with Crippen LogP contribution in [0.2, 0.25) is 0 Å². The van der Waals surface area contributed by atoms with Gasteiger partial charge in [-0.15, -0.1) is 0 Å². The second kappa shape index (κ2) is 10.2. The molecule has 37 heavy (non-hydrogen) atoms. The van der Waals surface area contributed by atoms with Crippen molar-refractivity contribution in [1.82, 2.24) is 9.62 Å². The molecule has 2 heterocycles. The van der Waals surface area contributed by atoms with E-state index in [-0.39, 0.29) is 12.1 Å². The fourth-order valence-electron chi connectivity index (χ4n) is 4.32. The van der Waals surface area contributed by atoms with Crippen LogP contribution in [0, 0.1) is 17.7 Å². The Hall–Kier alpha value is -3.35. The zero-order valence-electron chi connectivity index (χ0n) is 20.8. The van der Waals surface area contributed by atoms with Crippen LogP contribution in [-0.2, 0) is 29.3 Å². The maximum absolute atomic E-state index is 15.7. The van der Waals surface area contributed by atoms with Gasteiger partial charge in [-0.1, -0.05) is 32.8 Å². The molecule has 1 saturated carbocycles. The van der Waals surface area contributed by atoms with Crippen molar-refractivity contribution in [1.29, 1.82) is 0 Å². The summed E-state index contributed by atoms with van der Waals surface area (Å²) in [6.45, 7) is 4.01. The second-order valence-corrected chi connectivity index (χ2v) is 11.4. The molecule has 202 valence electrons. The lowest BCUT2D eigenvalue weighted by Gasteiger charge is -2.26. The van der Waals surface area contributed by atoms with E-state index in [1.54, 1.807) is 24.6 Å². The van der Waals surface area contributed by atoms with E-state index >= 15 is 4.39 Å². The summed E-state index contributed by atoms with van der Waals surface area (Å²) in [4.78, 5) is 37.9. The molecule has 2 aliphatic heterocycles. The number of phenolic OH excluding ortho intramolecular Hbond substituents is 1. The molecule has 0 unspecified atom stereocenters. The summed E-state index contributed by atoms with van der Waals surface area (Å²) in [6.07, 6.45) is 3.54. The Morgan fingerprint density at radius 1 is 1.16 bits per heavy atom. The third-order valence-corrected chi connectivity index (χ3v) is 7.84. The lowest BCUT2D eigenvalue weighted by molar-refractivity contribution is -0.169. The second-order valence-electron chi connectivity index (χ2n) is 9.78. The SMILES string of the molecule is CC(C)C(=O)O[C@H](C)OC(=O)N1CC(c2ccc(O)c(N3CC(=O)NS3(=O)=O)c2F)=C[C@@H]1CCC1CC1. The minimum Gasteiger partial charge on any atom is -0.506 e. The number of halogens is 1. The molecule has 1 aromatic carbocycles. The van der Waals surface area contributed by atoms with Crippen LogP contribution in [0.3, 0.4) is 0 Å². The summed E-state index contributed by atoms with van der Waals surface area (Å²) in [6, 6.07) is 2.00. The number of ether oxygens (including phenoxy) is 2. The Morgan fingerprint density at radius 3 is 2.46 bits per heavy atom. The Kier molecular flexibility index (Phi) is 7.36. The van der Waals surface area contributed by atoms with Crippen molar-refractivity contribution in [3.8, 4) is 5.75 Å². The maximum atomic E-state index is 15.7. The molecular weight excluding hydrogens is 509 g/mol. The number of nitrogens with zero attached hydrogens (tertiary/aromatic N) is 2. The van der Waals surface area contributed by atoms with Crippen molar-refractivity contribution in [2.45, 2.75) is 58.8 Å². The number of esters is 1. The van der Waals surface area contributed by atoms with Crippen molar-refractivity contribution >= 4 is 39.4 Å². The average Bonchev–Trinajstić information content (AvgIpc) is 3.46. The van der Waals surface area contributed by atoms with E-state index in [1.165, 1.54) is 17.9 Å². The van der Waals surface area contributed by atoms with E-state index in [0.717, 1.165) is 25.3 Å². The molecule has 0 bridgehead atoms. The molecule has 11 nitrogen and oxygen atoms in total. The molecule has 0 spiro atoms. The van der Waals surface area contributed by atoms with Gasteiger partial charge in [0.05, 0.1) is 18.5 Å². The number of phenols is 1. The van der Waals surface area contributed by atoms with Gasteiger partial charge in [-0.2, -0.15) is 8.42 Å². The van der Waals surface area contributed by atoms with E-state index in [2.05, 4.69) is 0 Å². The first-order valence-corrected chi connectivity index (χ1v) is 13.5. The molecule has 2 atom stereocenters. The number of carbonyl (C=O) groups is 3. The molecule has 1 aromatic rings. The number of carbonyl (C=O) groups excluding carboxylic acids is 3. The summed E-state index contributed by atoms with van der Waals surface area (Å²) in [5.41, 5.74) is -0.283. The van der Waals surface area contributed by atoms with Crippen LogP contribution in [0.15, 0.2) is 18.2 Å². The number of hydrogen-bond acceptors (Lipinski definition) is 8. The quantitative estimate of drug-likeness (QED) is 0.379. The van der Waals surface area contributed by atoms with Crippen LogP contribution in [0.1, 0.15) is 52.0 Å². The number of nitrogens with one attached hydrogen (secondary N) is 1. The average molecular weight is 540 g/mol. The Labute approximate surface area is 214 Å². The third-order valence-electron chi connectivity index (χ3n) is 6.47. The molecule has 3 aliphatic rings. The van der Waals surface area contributed by atoms with Crippen LogP contribution in [-0.4, -0.2) is 61.8 Å². The molecule has 0 aromatic heterocycles. The largest absolute Gasteiger partial charge is 0.506 e. The van der Waals surface area contributed by atoms with Crippen LogP contribution in [0.4, 0.5) is 14.9 Å². The fraction of sp³-hybridized carbons (Fsp3) is 0.542. The molecule has 1 saturated heterocycles. The van der Waals surface area contributed by atoms with E-state index in [0.29, 0.717) is 22.2 Å². The molecule has 1 aliphatic carbocycles. The predicted octanol–water partition coefficient (Wildman–Crippen LogP) is 2.65. The number of rotatable bonds is 8. The van der Waals surface area contributed by atoms with Crippen LogP contribution >= 0.6 is 0 Å². The highest BCUT2D eigenvalue weighted by Gasteiger charge is 2.39. The van der Waals surface area contributed by atoms with Gasteiger partial charge in [0, 0.05) is 12.5 Å². The van der Waals surface area contributed by atoms with Gasteiger partial charge in [-0.25, -0.2) is 18.2 Å². The van der Waals surface area contributed by atoms with Crippen molar-refractivity contribution in [2.24, 2.45) is 11.8 Å². The first kappa shape index (κ1) is 26.7. The zero-order chi connectivity index (χ0) is 27.1. The monoisotopic (exact) mass is 539 g/mol. The summed E-state index contributed by atoms with van der Waals surface area (Å²) in [7, 11) is -4.36. The molecule has 2 amide bonds. The lowest BCUT2D eigenvalue weighted by atomic mass is 10.0. The van der Waals surface area contributed by atoms with Gasteiger partial charge in [-0.3, -0.25) is 14.5 Å². The molecular formula is C24H30FN3O8S. The Balaban J connectivity index is 1.58. The Morgan fingerprint density at radius 2 is 1.86 bits per heavy atom. The topological polar surface area (TPSA) is 143 Å². The number of hydrogen-bond donors (Lipinski definition) is 2. The van der Waals surface area contributed by atoms with E-state index in [9.17, 15) is 27.9 Å². The molecule has 2 N–H and O–H groups in total. The number of anilines is 1. The highest BCUT2D eigenvalue weighted by atomic mass is 32.2. The first-order chi connectivity index (χ1) is 17.4. The van der Waals surface area contributed by atoms with Crippen molar-refractivity contribution in [3.05, 3.63) is 29.6 Å². The standard InChI is InChI=1S/C24H30FN3O8S/c1-13(2)23(31)35-14(3)36-24(32)27-11-16(10-17(27)7-6-15-4-5-15)18-8-9-19(29)22(21(18)25)28-12-20(30)26-37(28,33)34/h8-10,13-15,17,29H,4-7,11-12H2,1-3H3,(H,26,30)/t14-,17-/m0/s1. The van der Waals surface area contributed by atoms with E-state index in [1.807, 2.05) is 0 Å². The molecule has 2 fully saturated rings. The van der Waals surface area contributed by atoms with Crippen LogP contribution < -0.4 is 9.03 Å². The van der Waals surface area contributed by atoms with E-state index < -0.39 is 70.2 Å². The summed E-state index contributed by atoms with van der Waals surface area (Å²) in [5.74, 6) is -2.89. The maximum Gasteiger partial charge on any atom is 0.413 e. The third kappa shape index (κ3) is 5.81. The number of amides is 2. The fourth-order valence-corrected chi connectivity index (χ4v) is 5.49. The highest BCUT2D eigenvalue weighted by Crippen LogP contribution is 2.40. The molecule has 13 heteroatoms. The zero-order valence-corrected chi connectivity index (χ0v) is 21.6. The van der Waals surface area contributed by atoms with Gasteiger partial charge < -0.3 is 14.6 Å². The van der Waals surface area contributed by atoms with Gasteiger partial charge in [0.2, 0.25) is 6.29 Å². The summed E-state index contributed by atoms with van der Waals surface area (Å²) >= 11 is 0. The van der Waals surface area contributed by atoms with Gasteiger partial charge in [0.25, 0.3) is 5.91 Å². The molecule has 4 rings (SSSR count). The summed E-state index contributed by atoms with van der Waals surface area (Å²) in [5, 5.41) is 10.3. The van der Waals surface area contributed by atoms with Crippen molar-refractivity contribution < 1.29 is 41.8 Å². The number of benzene rings is 1. The van der Waals surface area contributed by atoms with Crippen molar-refractivity contribution in [3.63, 3.8) is 0 Å². The smallest absolute Gasteiger partial charge is 0.413 e.